The maximum absolute atomic E-state index is 6.13. The topological polar surface area (TPSA) is 60.0 Å². The number of hydrogen-bond donors (Lipinski definition) is 0. The van der Waals surface area contributed by atoms with E-state index in [1.54, 1.807) is 12.4 Å². The minimum atomic E-state index is 0.138. The van der Waals surface area contributed by atoms with Crippen molar-refractivity contribution in [2.45, 2.75) is 18.9 Å². The largest absolute Gasteiger partial charge is 0.475 e. The van der Waals surface area contributed by atoms with Crippen LogP contribution in [0, 0.1) is 0 Å². The molecule has 0 N–H and O–H groups in total. The molecule has 1 aromatic heterocycles. The molecule has 0 aliphatic carbocycles. The van der Waals surface area contributed by atoms with Crippen molar-refractivity contribution in [3.8, 4) is 11.8 Å². The van der Waals surface area contributed by atoms with Crippen LogP contribution >= 0.6 is 0 Å². The van der Waals surface area contributed by atoms with E-state index in [1.165, 1.54) is 16.3 Å². The Morgan fingerprint density at radius 1 is 0.909 bits per heavy atom. The van der Waals surface area contributed by atoms with Crippen LogP contribution in [0.15, 0.2) is 54.9 Å². The van der Waals surface area contributed by atoms with Crippen LogP contribution in [0.2, 0.25) is 0 Å². The SMILES string of the molecule is c1ccc2cc(CCN3CCC(Oc4cncc(OCCN5CCOCC5)n4)C3)ccc2c1. The van der Waals surface area contributed by atoms with E-state index in [2.05, 4.69) is 62.2 Å². The molecule has 7 heteroatoms. The molecule has 3 heterocycles. The van der Waals surface area contributed by atoms with E-state index < -0.39 is 0 Å². The van der Waals surface area contributed by atoms with Gasteiger partial charge < -0.3 is 14.2 Å². The highest BCUT2D eigenvalue weighted by molar-refractivity contribution is 5.82. The van der Waals surface area contributed by atoms with Gasteiger partial charge in [0.15, 0.2) is 0 Å². The molecule has 2 aliphatic heterocycles. The van der Waals surface area contributed by atoms with Crippen molar-refractivity contribution in [1.82, 2.24) is 19.8 Å². The number of fused-ring (bicyclic) bond motifs is 1. The molecule has 2 fully saturated rings. The molecule has 5 rings (SSSR count). The molecular formula is C26H32N4O3. The van der Waals surface area contributed by atoms with Crippen molar-refractivity contribution >= 4 is 10.8 Å². The summed E-state index contributed by atoms with van der Waals surface area (Å²) in [6.45, 7) is 7.95. The zero-order chi connectivity index (χ0) is 22.3. The zero-order valence-electron chi connectivity index (χ0n) is 19.1. The first-order valence-electron chi connectivity index (χ1n) is 11.9. The van der Waals surface area contributed by atoms with Gasteiger partial charge in [-0.2, -0.15) is 4.98 Å². The summed E-state index contributed by atoms with van der Waals surface area (Å²) in [5, 5.41) is 2.60. The first-order chi connectivity index (χ1) is 16.3. The standard InChI is InChI=1S/C26H32N4O3/c1-2-4-23-17-21(5-6-22(23)3-1)7-9-30-10-8-24(20-30)33-26-19-27-18-25(28-26)32-16-13-29-11-14-31-15-12-29/h1-6,17-19,24H,7-16,20H2. The molecule has 0 saturated carbocycles. The van der Waals surface area contributed by atoms with E-state index in [0.29, 0.717) is 18.4 Å². The number of ether oxygens (including phenoxy) is 3. The first kappa shape index (κ1) is 22.1. The molecule has 2 saturated heterocycles. The van der Waals surface area contributed by atoms with Crippen molar-refractivity contribution < 1.29 is 14.2 Å². The van der Waals surface area contributed by atoms with Gasteiger partial charge in [-0.05, 0) is 29.2 Å². The number of aromatic nitrogens is 2. The average molecular weight is 449 g/mol. The normalized spacial score (nSPS) is 19.7. The summed E-state index contributed by atoms with van der Waals surface area (Å²) in [6.07, 6.45) is 5.51. The minimum absolute atomic E-state index is 0.138. The van der Waals surface area contributed by atoms with Gasteiger partial charge in [-0.25, -0.2) is 0 Å². The molecule has 0 radical (unpaired) electrons. The summed E-state index contributed by atoms with van der Waals surface area (Å²) < 4.78 is 17.3. The summed E-state index contributed by atoms with van der Waals surface area (Å²) in [5.74, 6) is 1.06. The first-order valence-corrected chi connectivity index (χ1v) is 11.9. The lowest BCUT2D eigenvalue weighted by Gasteiger charge is -2.26. The summed E-state index contributed by atoms with van der Waals surface area (Å²) >= 11 is 0. The van der Waals surface area contributed by atoms with Gasteiger partial charge in [-0.3, -0.25) is 14.8 Å². The van der Waals surface area contributed by atoms with E-state index in [-0.39, 0.29) is 6.10 Å². The Balaban J connectivity index is 1.06. The van der Waals surface area contributed by atoms with Gasteiger partial charge in [0.2, 0.25) is 11.8 Å². The Morgan fingerprint density at radius 2 is 1.76 bits per heavy atom. The highest BCUT2D eigenvalue weighted by Gasteiger charge is 2.24. The number of nitrogens with zero attached hydrogens (tertiary/aromatic N) is 4. The van der Waals surface area contributed by atoms with Crippen LogP contribution in [0.3, 0.4) is 0 Å². The van der Waals surface area contributed by atoms with Gasteiger partial charge >= 0.3 is 0 Å². The van der Waals surface area contributed by atoms with Crippen LogP contribution in [-0.4, -0.2) is 85.0 Å². The van der Waals surface area contributed by atoms with Gasteiger partial charge in [0.25, 0.3) is 0 Å². The number of hydrogen-bond acceptors (Lipinski definition) is 7. The second-order valence-corrected chi connectivity index (χ2v) is 8.76. The number of benzene rings is 2. The Bertz CT molecular complexity index is 1040. The minimum Gasteiger partial charge on any atom is -0.475 e. The predicted molar refractivity (Wildman–Crippen MR) is 128 cm³/mol. The van der Waals surface area contributed by atoms with Crippen LogP contribution < -0.4 is 9.47 Å². The van der Waals surface area contributed by atoms with Crippen LogP contribution in [0.5, 0.6) is 11.8 Å². The Hall–Kier alpha value is -2.74. The number of likely N-dealkylation sites (tertiary alicyclic amines) is 1. The van der Waals surface area contributed by atoms with Gasteiger partial charge in [0.1, 0.15) is 12.7 Å². The van der Waals surface area contributed by atoms with E-state index in [1.807, 2.05) is 0 Å². The monoisotopic (exact) mass is 448 g/mol. The van der Waals surface area contributed by atoms with Crippen molar-refractivity contribution in [1.29, 1.82) is 0 Å². The number of rotatable bonds is 9. The van der Waals surface area contributed by atoms with E-state index in [0.717, 1.165) is 65.3 Å². The molecule has 33 heavy (non-hydrogen) atoms. The quantitative estimate of drug-likeness (QED) is 0.499. The lowest BCUT2D eigenvalue weighted by atomic mass is 10.1. The van der Waals surface area contributed by atoms with E-state index in [9.17, 15) is 0 Å². The maximum Gasteiger partial charge on any atom is 0.235 e. The van der Waals surface area contributed by atoms with Crippen LogP contribution in [-0.2, 0) is 11.2 Å². The highest BCUT2D eigenvalue weighted by atomic mass is 16.5. The molecule has 2 aliphatic rings. The third-order valence-corrected chi connectivity index (χ3v) is 6.40. The lowest BCUT2D eigenvalue weighted by molar-refractivity contribution is 0.0319. The summed E-state index contributed by atoms with van der Waals surface area (Å²) in [6, 6.07) is 15.3. The molecule has 0 spiro atoms. The van der Waals surface area contributed by atoms with Crippen LogP contribution in [0.4, 0.5) is 0 Å². The second-order valence-electron chi connectivity index (χ2n) is 8.76. The molecule has 3 aromatic rings. The Morgan fingerprint density at radius 3 is 2.67 bits per heavy atom. The Labute approximate surface area is 195 Å². The fraction of sp³-hybridized carbons (Fsp3) is 0.462. The fourth-order valence-electron chi connectivity index (χ4n) is 4.51. The highest BCUT2D eigenvalue weighted by Crippen LogP contribution is 2.20. The van der Waals surface area contributed by atoms with Crippen molar-refractivity contribution in [3.63, 3.8) is 0 Å². The molecule has 0 bridgehead atoms. The molecule has 1 unspecified atom stereocenters. The molecule has 1 atom stereocenters. The third-order valence-electron chi connectivity index (χ3n) is 6.40. The van der Waals surface area contributed by atoms with Crippen molar-refractivity contribution in [2.24, 2.45) is 0 Å². The van der Waals surface area contributed by atoms with Gasteiger partial charge in [0, 0.05) is 39.3 Å². The van der Waals surface area contributed by atoms with Crippen LogP contribution in [0.1, 0.15) is 12.0 Å². The van der Waals surface area contributed by atoms with Crippen molar-refractivity contribution in [3.05, 3.63) is 60.4 Å². The van der Waals surface area contributed by atoms with Crippen LogP contribution in [0.25, 0.3) is 10.8 Å². The zero-order valence-corrected chi connectivity index (χ0v) is 19.1. The predicted octanol–water partition coefficient (Wildman–Crippen LogP) is 3.04. The van der Waals surface area contributed by atoms with Gasteiger partial charge in [0.05, 0.1) is 25.6 Å². The Kier molecular flexibility index (Phi) is 7.30. The summed E-state index contributed by atoms with van der Waals surface area (Å²) in [4.78, 5) is 13.6. The van der Waals surface area contributed by atoms with Gasteiger partial charge in [-0.15, -0.1) is 0 Å². The van der Waals surface area contributed by atoms with E-state index in [4.69, 9.17) is 14.2 Å². The average Bonchev–Trinajstić information content (AvgIpc) is 3.31. The molecular weight excluding hydrogens is 416 g/mol. The maximum atomic E-state index is 6.13. The summed E-state index contributed by atoms with van der Waals surface area (Å²) in [7, 11) is 0. The van der Waals surface area contributed by atoms with Crippen molar-refractivity contribution in [2.75, 3.05) is 59.1 Å². The second kappa shape index (κ2) is 10.9. The molecule has 0 amide bonds. The lowest BCUT2D eigenvalue weighted by Crippen LogP contribution is -2.38. The molecule has 174 valence electrons. The smallest absolute Gasteiger partial charge is 0.235 e. The summed E-state index contributed by atoms with van der Waals surface area (Å²) in [5.41, 5.74) is 1.38. The van der Waals surface area contributed by atoms with Gasteiger partial charge in [-0.1, -0.05) is 42.5 Å². The molecule has 2 aromatic carbocycles. The fourth-order valence-corrected chi connectivity index (χ4v) is 4.51. The molecule has 7 nitrogen and oxygen atoms in total. The van der Waals surface area contributed by atoms with E-state index >= 15 is 0 Å². The number of morpholine rings is 1. The third kappa shape index (κ3) is 6.19.